The number of nitrogens with zero attached hydrogens (tertiary/aromatic N) is 1. The van der Waals surface area contributed by atoms with Crippen molar-refractivity contribution >= 4 is 38.6 Å². The highest BCUT2D eigenvalue weighted by Crippen LogP contribution is 2.44. The number of benzene rings is 5. The molecule has 0 bridgehead atoms. The SMILES string of the molecule is O=c1c(Nc2cc(C(F)(F)F)cc(C(F)(F)F)c2)c(N[C@H]2CCCC[C@@H]2N2Cc3ccc4ccccc4c3-c3c(ccc4ccccc34)C2)c1=O. The number of rotatable bonds is 5. The van der Waals surface area contributed by atoms with Crippen molar-refractivity contribution < 1.29 is 26.3 Å². The van der Waals surface area contributed by atoms with Crippen molar-refractivity contribution in [3.8, 4) is 11.1 Å². The molecule has 1 saturated carbocycles. The molecule has 0 radical (unpaired) electrons. The van der Waals surface area contributed by atoms with E-state index in [4.69, 9.17) is 0 Å². The van der Waals surface area contributed by atoms with Gasteiger partial charge < -0.3 is 10.6 Å². The third kappa shape index (κ3) is 5.93. The van der Waals surface area contributed by atoms with Gasteiger partial charge in [-0.1, -0.05) is 85.6 Å². The van der Waals surface area contributed by atoms with Crippen molar-refractivity contribution in [1.29, 1.82) is 0 Å². The van der Waals surface area contributed by atoms with Crippen molar-refractivity contribution in [2.24, 2.45) is 0 Å². The molecule has 2 atom stereocenters. The predicted octanol–water partition coefficient (Wildman–Crippen LogP) is 9.78. The number of hydrogen-bond acceptors (Lipinski definition) is 5. The van der Waals surface area contributed by atoms with Crippen LogP contribution in [0.25, 0.3) is 32.7 Å². The Morgan fingerprint density at radius 1 is 0.608 bits per heavy atom. The monoisotopic (exact) mass is 699 g/mol. The Labute approximate surface area is 288 Å². The fraction of sp³-hybridized carbons (Fsp3) is 0.250. The second-order valence-electron chi connectivity index (χ2n) is 13.5. The summed E-state index contributed by atoms with van der Waals surface area (Å²) in [4.78, 5) is 28.0. The number of fused-ring (bicyclic) bond motifs is 7. The molecule has 0 unspecified atom stereocenters. The van der Waals surface area contributed by atoms with Crippen molar-refractivity contribution in [3.05, 3.63) is 134 Å². The van der Waals surface area contributed by atoms with Crippen LogP contribution in [-0.4, -0.2) is 17.0 Å². The molecule has 0 spiro atoms. The van der Waals surface area contributed by atoms with Crippen LogP contribution in [0.4, 0.5) is 43.4 Å². The molecule has 6 aromatic carbocycles. The van der Waals surface area contributed by atoms with Gasteiger partial charge in [-0.05, 0) is 74.8 Å². The molecule has 260 valence electrons. The van der Waals surface area contributed by atoms with Crippen molar-refractivity contribution in [1.82, 2.24) is 4.90 Å². The second-order valence-corrected chi connectivity index (χ2v) is 13.5. The molecular weight excluding hydrogens is 668 g/mol. The lowest BCUT2D eigenvalue weighted by Crippen LogP contribution is -2.50. The van der Waals surface area contributed by atoms with Crippen LogP contribution in [0.15, 0.2) is 101 Å². The molecule has 2 N–H and O–H groups in total. The lowest BCUT2D eigenvalue weighted by atomic mass is 9.88. The zero-order valence-electron chi connectivity index (χ0n) is 27.1. The first-order valence-electron chi connectivity index (χ1n) is 16.8. The van der Waals surface area contributed by atoms with E-state index in [0.29, 0.717) is 31.6 Å². The van der Waals surface area contributed by atoms with Crippen LogP contribution in [0, 0.1) is 0 Å². The van der Waals surface area contributed by atoms with E-state index >= 15 is 0 Å². The molecule has 2 aliphatic rings. The zero-order chi connectivity index (χ0) is 35.7. The predicted molar refractivity (Wildman–Crippen MR) is 187 cm³/mol. The van der Waals surface area contributed by atoms with Crippen LogP contribution in [0.1, 0.15) is 47.9 Å². The number of hydrogen-bond donors (Lipinski definition) is 2. The van der Waals surface area contributed by atoms with Crippen molar-refractivity contribution in [3.63, 3.8) is 0 Å². The lowest BCUT2D eigenvalue weighted by molar-refractivity contribution is -0.143. The fourth-order valence-corrected chi connectivity index (χ4v) is 7.94. The summed E-state index contributed by atoms with van der Waals surface area (Å²) in [6, 6.07) is 25.8. The van der Waals surface area contributed by atoms with E-state index in [1.165, 1.54) is 11.1 Å². The minimum absolute atomic E-state index is 0.0161. The van der Waals surface area contributed by atoms with Gasteiger partial charge in [0.05, 0.1) is 11.1 Å². The Hall–Kier alpha value is -5.16. The molecule has 1 aliphatic heterocycles. The quantitative estimate of drug-likeness (QED) is 0.139. The van der Waals surface area contributed by atoms with E-state index < -0.39 is 40.0 Å². The van der Waals surface area contributed by atoms with E-state index in [-0.39, 0.29) is 29.5 Å². The van der Waals surface area contributed by atoms with Gasteiger partial charge in [-0.25, -0.2) is 0 Å². The van der Waals surface area contributed by atoms with Gasteiger partial charge in [0.2, 0.25) is 0 Å². The summed E-state index contributed by atoms with van der Waals surface area (Å²) in [7, 11) is 0. The van der Waals surface area contributed by atoms with Crippen LogP contribution in [0.3, 0.4) is 0 Å². The van der Waals surface area contributed by atoms with Crippen molar-refractivity contribution in [2.45, 2.75) is 63.2 Å². The third-order valence-corrected chi connectivity index (χ3v) is 10.3. The summed E-state index contributed by atoms with van der Waals surface area (Å²) < 4.78 is 81.2. The van der Waals surface area contributed by atoms with Gasteiger partial charge in [0.15, 0.2) is 0 Å². The highest BCUT2D eigenvalue weighted by Gasteiger charge is 2.38. The Balaban J connectivity index is 1.15. The van der Waals surface area contributed by atoms with Crippen LogP contribution >= 0.6 is 0 Å². The third-order valence-electron chi connectivity index (χ3n) is 10.3. The molecule has 1 aliphatic carbocycles. The van der Waals surface area contributed by atoms with Gasteiger partial charge in [-0.3, -0.25) is 14.5 Å². The van der Waals surface area contributed by atoms with Crippen LogP contribution in [0.2, 0.25) is 0 Å². The average molecular weight is 700 g/mol. The maximum Gasteiger partial charge on any atom is 0.416 e. The van der Waals surface area contributed by atoms with E-state index in [2.05, 4.69) is 64.1 Å². The zero-order valence-corrected chi connectivity index (χ0v) is 27.1. The highest BCUT2D eigenvalue weighted by molar-refractivity contribution is 6.08. The molecular formula is C40H31F6N3O2. The molecule has 0 saturated heterocycles. The molecule has 8 rings (SSSR count). The number of anilines is 3. The minimum Gasteiger partial charge on any atom is -0.376 e. The molecule has 11 heteroatoms. The molecule has 0 amide bonds. The largest absolute Gasteiger partial charge is 0.416 e. The van der Waals surface area contributed by atoms with E-state index in [1.54, 1.807) is 0 Å². The maximum absolute atomic E-state index is 13.5. The number of alkyl halides is 6. The standard InChI is InChI=1S/C40H31F6N3O2/c41-39(42,43)26-17-27(40(44,45)46)19-28(18-26)47-35-36(38(51)37(35)50)48-31-11-5-6-12-32(31)49-20-24-15-13-22-7-1-3-9-29(22)33(24)34-25(21-49)16-14-23-8-2-4-10-30(23)34/h1-4,7-10,13-19,31-32,47-48H,5-6,11-12,20-21H2/t31-,32-/m0/s1. The molecule has 0 aromatic heterocycles. The Morgan fingerprint density at radius 2 is 1.12 bits per heavy atom. The summed E-state index contributed by atoms with van der Waals surface area (Å²) in [5.74, 6) is 0. The summed E-state index contributed by atoms with van der Waals surface area (Å²) >= 11 is 0. The van der Waals surface area contributed by atoms with Gasteiger partial charge in [0.1, 0.15) is 11.4 Å². The summed E-state index contributed by atoms with van der Waals surface area (Å²) in [5.41, 5.74) is -1.34. The van der Waals surface area contributed by atoms with Gasteiger partial charge in [0, 0.05) is 30.9 Å². The number of nitrogens with one attached hydrogen (secondary N) is 2. The van der Waals surface area contributed by atoms with E-state index in [0.717, 1.165) is 51.9 Å². The molecule has 6 aromatic rings. The highest BCUT2D eigenvalue weighted by atomic mass is 19.4. The van der Waals surface area contributed by atoms with Crippen molar-refractivity contribution in [2.75, 3.05) is 10.6 Å². The second kappa shape index (κ2) is 12.3. The van der Waals surface area contributed by atoms with E-state index in [1.807, 2.05) is 24.3 Å². The Bertz CT molecular complexity index is 2270. The van der Waals surface area contributed by atoms with Gasteiger partial charge >= 0.3 is 12.4 Å². The maximum atomic E-state index is 13.5. The fourth-order valence-electron chi connectivity index (χ4n) is 7.94. The first-order valence-corrected chi connectivity index (χ1v) is 16.8. The Kier molecular flexibility index (Phi) is 7.94. The first-order chi connectivity index (χ1) is 24.4. The van der Waals surface area contributed by atoms with Crippen LogP contribution < -0.4 is 21.5 Å². The average Bonchev–Trinajstić information content (AvgIpc) is 3.29. The smallest absolute Gasteiger partial charge is 0.376 e. The number of halogens is 6. The molecule has 1 fully saturated rings. The Morgan fingerprint density at radius 3 is 1.67 bits per heavy atom. The summed E-state index contributed by atoms with van der Waals surface area (Å²) in [6.45, 7) is 1.21. The molecule has 5 nitrogen and oxygen atoms in total. The lowest BCUT2D eigenvalue weighted by Gasteiger charge is -2.41. The van der Waals surface area contributed by atoms with Crippen LogP contribution in [0.5, 0.6) is 0 Å². The summed E-state index contributed by atoms with van der Waals surface area (Å²) in [5, 5.41) is 10.2. The van der Waals surface area contributed by atoms with E-state index in [9.17, 15) is 35.9 Å². The van der Waals surface area contributed by atoms with Gasteiger partial charge in [-0.2, -0.15) is 26.3 Å². The summed E-state index contributed by atoms with van der Waals surface area (Å²) in [6.07, 6.45) is -6.93. The minimum atomic E-state index is -5.06. The first kappa shape index (κ1) is 33.0. The van der Waals surface area contributed by atoms with Crippen LogP contribution in [-0.2, 0) is 25.4 Å². The molecule has 1 heterocycles. The van der Waals surface area contributed by atoms with Gasteiger partial charge in [0.25, 0.3) is 10.9 Å². The normalized spacial score (nSPS) is 18.4. The molecule has 51 heavy (non-hydrogen) atoms. The van der Waals surface area contributed by atoms with Gasteiger partial charge in [-0.15, -0.1) is 0 Å². The topological polar surface area (TPSA) is 61.4 Å².